The average Bonchev–Trinajstić information content (AvgIpc) is 3.50. The summed E-state index contributed by atoms with van der Waals surface area (Å²) < 4.78 is 2.14. The van der Waals surface area contributed by atoms with Crippen molar-refractivity contribution in [2.24, 2.45) is 0 Å². The SMILES string of the molecule is c1ccc(-c2nn3c(-c4ccccc4)cc4ccccc4c3c2-c2cc(-c3ccncc3)cc(-c3ccncc3)c2)cc1. The van der Waals surface area contributed by atoms with Crippen molar-refractivity contribution in [2.75, 3.05) is 0 Å². The molecule has 4 heteroatoms. The van der Waals surface area contributed by atoms with Crippen LogP contribution in [0.3, 0.4) is 0 Å². The second kappa shape index (κ2) is 10.5. The highest BCUT2D eigenvalue weighted by Crippen LogP contribution is 2.43. The molecule has 8 rings (SSSR count). The lowest BCUT2D eigenvalue weighted by Gasteiger charge is -2.13. The second-order valence-electron chi connectivity index (χ2n) is 10.6. The molecule has 0 aliphatic heterocycles. The first-order chi connectivity index (χ1) is 21.3. The van der Waals surface area contributed by atoms with E-state index in [0.29, 0.717) is 0 Å². The Morgan fingerprint density at radius 1 is 0.419 bits per heavy atom. The van der Waals surface area contributed by atoms with Gasteiger partial charge in [-0.3, -0.25) is 9.97 Å². The Morgan fingerprint density at radius 2 is 0.953 bits per heavy atom. The molecule has 0 unspecified atom stereocenters. The first-order valence-corrected chi connectivity index (χ1v) is 14.3. The van der Waals surface area contributed by atoms with E-state index < -0.39 is 0 Å². The molecule has 0 radical (unpaired) electrons. The fraction of sp³-hybridized carbons (Fsp3) is 0. The minimum Gasteiger partial charge on any atom is -0.265 e. The molecule has 0 bridgehead atoms. The summed E-state index contributed by atoms with van der Waals surface area (Å²) in [5.41, 5.74) is 11.9. The molecule has 4 nitrogen and oxygen atoms in total. The van der Waals surface area contributed by atoms with Crippen LogP contribution in [0.4, 0.5) is 0 Å². The Morgan fingerprint density at radius 3 is 1.58 bits per heavy atom. The fourth-order valence-corrected chi connectivity index (χ4v) is 5.97. The fourth-order valence-electron chi connectivity index (χ4n) is 5.97. The van der Waals surface area contributed by atoms with Crippen molar-refractivity contribution in [1.29, 1.82) is 0 Å². The monoisotopic (exact) mass is 550 g/mol. The zero-order chi connectivity index (χ0) is 28.6. The van der Waals surface area contributed by atoms with Crippen LogP contribution in [0.1, 0.15) is 0 Å². The molecule has 0 aliphatic carbocycles. The maximum atomic E-state index is 5.39. The molecule has 0 atom stereocenters. The quantitative estimate of drug-likeness (QED) is 0.214. The van der Waals surface area contributed by atoms with E-state index in [1.54, 1.807) is 0 Å². The van der Waals surface area contributed by atoms with Crippen LogP contribution in [-0.2, 0) is 0 Å². The summed E-state index contributed by atoms with van der Waals surface area (Å²) in [5.74, 6) is 0. The van der Waals surface area contributed by atoms with Gasteiger partial charge in [-0.15, -0.1) is 0 Å². The van der Waals surface area contributed by atoms with E-state index in [1.807, 2.05) is 24.8 Å². The number of rotatable bonds is 5. The van der Waals surface area contributed by atoms with E-state index in [1.165, 1.54) is 5.39 Å². The molecule has 0 spiro atoms. The van der Waals surface area contributed by atoms with Crippen molar-refractivity contribution in [1.82, 2.24) is 19.6 Å². The van der Waals surface area contributed by atoms with Crippen molar-refractivity contribution in [3.05, 3.63) is 158 Å². The third-order valence-electron chi connectivity index (χ3n) is 7.99. The van der Waals surface area contributed by atoms with Crippen molar-refractivity contribution < 1.29 is 0 Å². The number of aromatic nitrogens is 4. The number of benzene rings is 4. The van der Waals surface area contributed by atoms with Crippen LogP contribution < -0.4 is 0 Å². The van der Waals surface area contributed by atoms with Gasteiger partial charge in [0.1, 0.15) is 5.69 Å². The predicted molar refractivity (Wildman–Crippen MR) is 175 cm³/mol. The van der Waals surface area contributed by atoms with E-state index in [0.717, 1.165) is 66.8 Å². The highest BCUT2D eigenvalue weighted by atomic mass is 15.2. The molecule has 0 N–H and O–H groups in total. The van der Waals surface area contributed by atoms with E-state index in [2.05, 4.69) is 148 Å². The van der Waals surface area contributed by atoms with Crippen LogP contribution in [0.15, 0.2) is 158 Å². The van der Waals surface area contributed by atoms with E-state index in [9.17, 15) is 0 Å². The Labute approximate surface area is 249 Å². The molecule has 4 aromatic carbocycles. The minimum absolute atomic E-state index is 0.946. The number of nitrogens with zero attached hydrogens (tertiary/aromatic N) is 4. The largest absolute Gasteiger partial charge is 0.265 e. The van der Waals surface area contributed by atoms with Gasteiger partial charge in [0.25, 0.3) is 0 Å². The number of pyridine rings is 3. The summed E-state index contributed by atoms with van der Waals surface area (Å²) in [6.07, 6.45) is 7.38. The number of hydrogen-bond acceptors (Lipinski definition) is 3. The summed E-state index contributed by atoms with van der Waals surface area (Å²) in [4.78, 5) is 8.54. The van der Waals surface area contributed by atoms with E-state index >= 15 is 0 Å². The van der Waals surface area contributed by atoms with Crippen molar-refractivity contribution in [3.63, 3.8) is 0 Å². The molecule has 0 amide bonds. The lowest BCUT2D eigenvalue weighted by atomic mass is 9.91. The summed E-state index contributed by atoms with van der Waals surface area (Å²) in [5, 5.41) is 7.72. The van der Waals surface area contributed by atoms with Gasteiger partial charge in [0, 0.05) is 46.9 Å². The van der Waals surface area contributed by atoms with Crippen molar-refractivity contribution in [3.8, 4) is 55.9 Å². The third kappa shape index (κ3) is 4.46. The van der Waals surface area contributed by atoms with Crippen LogP contribution in [0.2, 0.25) is 0 Å². The Hall–Kier alpha value is -5.87. The third-order valence-corrected chi connectivity index (χ3v) is 7.99. The normalized spacial score (nSPS) is 11.3. The number of fused-ring (bicyclic) bond motifs is 3. The van der Waals surface area contributed by atoms with Crippen LogP contribution >= 0.6 is 0 Å². The minimum atomic E-state index is 0.946. The van der Waals surface area contributed by atoms with E-state index in [4.69, 9.17) is 5.10 Å². The van der Waals surface area contributed by atoms with Gasteiger partial charge in [0.05, 0.1) is 11.2 Å². The standard InChI is InChI=1S/C39H26N4/c1-3-9-29(10-4-1)36-26-31-13-7-8-14-35(31)39-37(38(42-43(36)39)30-11-5-2-6-12-30)34-24-32(27-15-19-40-20-16-27)23-33(25-34)28-17-21-41-22-18-28/h1-26H. The average molecular weight is 551 g/mol. The molecule has 0 aliphatic rings. The van der Waals surface area contributed by atoms with Crippen LogP contribution in [-0.4, -0.2) is 19.6 Å². The summed E-state index contributed by atoms with van der Waals surface area (Å²) in [7, 11) is 0. The maximum Gasteiger partial charge on any atom is 0.101 e. The zero-order valence-electron chi connectivity index (χ0n) is 23.3. The molecule has 0 saturated heterocycles. The Bertz CT molecular complexity index is 2150. The van der Waals surface area contributed by atoms with Gasteiger partial charge in [0.2, 0.25) is 0 Å². The topological polar surface area (TPSA) is 43.1 Å². The molecule has 8 aromatic rings. The van der Waals surface area contributed by atoms with Crippen LogP contribution in [0.5, 0.6) is 0 Å². The lowest BCUT2D eigenvalue weighted by molar-refractivity contribution is 0.979. The van der Waals surface area contributed by atoms with Crippen LogP contribution in [0.25, 0.3) is 72.2 Å². The molecule has 202 valence electrons. The smallest absolute Gasteiger partial charge is 0.101 e. The summed E-state index contributed by atoms with van der Waals surface area (Å²) >= 11 is 0. The van der Waals surface area contributed by atoms with Crippen molar-refractivity contribution >= 4 is 16.3 Å². The molecule has 0 fully saturated rings. The maximum absolute atomic E-state index is 5.39. The molecule has 4 aromatic heterocycles. The Kier molecular flexibility index (Phi) is 6.08. The first kappa shape index (κ1) is 24.9. The lowest BCUT2D eigenvalue weighted by Crippen LogP contribution is -1.95. The van der Waals surface area contributed by atoms with Crippen molar-refractivity contribution in [2.45, 2.75) is 0 Å². The highest BCUT2D eigenvalue weighted by molar-refractivity contribution is 6.09. The summed E-state index contributed by atoms with van der Waals surface area (Å²) in [6.45, 7) is 0. The van der Waals surface area contributed by atoms with Gasteiger partial charge >= 0.3 is 0 Å². The van der Waals surface area contributed by atoms with Crippen LogP contribution in [0, 0.1) is 0 Å². The molecule has 4 heterocycles. The molecule has 0 saturated carbocycles. The Balaban J connectivity index is 1.53. The summed E-state index contributed by atoms with van der Waals surface area (Å²) in [6, 6.07) is 46.9. The first-order valence-electron chi connectivity index (χ1n) is 14.3. The second-order valence-corrected chi connectivity index (χ2v) is 10.6. The van der Waals surface area contributed by atoms with Gasteiger partial charge < -0.3 is 0 Å². The zero-order valence-corrected chi connectivity index (χ0v) is 23.3. The molecule has 43 heavy (non-hydrogen) atoms. The number of hydrogen-bond donors (Lipinski definition) is 0. The van der Waals surface area contributed by atoms with E-state index in [-0.39, 0.29) is 0 Å². The van der Waals surface area contributed by atoms with Gasteiger partial charge in [-0.2, -0.15) is 5.10 Å². The highest BCUT2D eigenvalue weighted by Gasteiger charge is 2.22. The molecular weight excluding hydrogens is 524 g/mol. The van der Waals surface area contributed by atoms with Gasteiger partial charge in [-0.05, 0) is 81.7 Å². The molecular formula is C39H26N4. The predicted octanol–water partition coefficient (Wildman–Crippen LogP) is 9.61. The van der Waals surface area contributed by atoms with Gasteiger partial charge in [-0.1, -0.05) is 84.9 Å². The van der Waals surface area contributed by atoms with Gasteiger partial charge in [0.15, 0.2) is 0 Å². The van der Waals surface area contributed by atoms with Gasteiger partial charge in [-0.25, -0.2) is 4.52 Å².